The van der Waals surface area contributed by atoms with E-state index in [0.717, 1.165) is 0 Å². The van der Waals surface area contributed by atoms with E-state index >= 15 is 0 Å². The molecule has 2 aromatic rings. The van der Waals surface area contributed by atoms with Crippen LogP contribution in [0.2, 0.25) is 0 Å². The molecule has 0 saturated heterocycles. The van der Waals surface area contributed by atoms with Gasteiger partial charge in [-0.05, 0) is 32.9 Å². The normalized spacial score (nSPS) is 13.2. The van der Waals surface area contributed by atoms with Crippen LogP contribution in [0.4, 0.5) is 23.0 Å². The molecule has 0 unspecified atom stereocenters. The van der Waals surface area contributed by atoms with Crippen LogP contribution in [0.3, 0.4) is 0 Å². The Labute approximate surface area is 150 Å². The Kier molecular flexibility index (Phi) is 4.76. The number of ether oxygens (including phenoxy) is 2. The molecule has 0 aliphatic carbocycles. The summed E-state index contributed by atoms with van der Waals surface area (Å²) in [6, 6.07) is 5.19. The van der Waals surface area contributed by atoms with Crippen LogP contribution in [0, 0.1) is 10.1 Å². The predicted octanol–water partition coefficient (Wildman–Crippen LogP) is 2.61. The van der Waals surface area contributed by atoms with Gasteiger partial charge in [-0.3, -0.25) is 15.5 Å². The maximum atomic E-state index is 11.6. The van der Waals surface area contributed by atoms with Crippen molar-refractivity contribution in [1.82, 2.24) is 15.4 Å². The molecule has 1 aromatic heterocycles. The Bertz CT molecular complexity index is 821. The molecule has 3 rings (SSSR count). The highest BCUT2D eigenvalue weighted by atomic mass is 16.6. The van der Waals surface area contributed by atoms with Crippen LogP contribution < -0.4 is 25.6 Å². The summed E-state index contributed by atoms with van der Waals surface area (Å²) in [4.78, 5) is 19.0. The second-order valence-corrected chi connectivity index (χ2v) is 6.66. The number of nitro groups is 1. The van der Waals surface area contributed by atoms with Gasteiger partial charge in [-0.1, -0.05) is 0 Å². The smallest absolute Gasteiger partial charge is 0.354 e. The Morgan fingerprint density at radius 3 is 2.50 bits per heavy atom. The molecule has 26 heavy (non-hydrogen) atoms. The highest BCUT2D eigenvalue weighted by Crippen LogP contribution is 2.36. The summed E-state index contributed by atoms with van der Waals surface area (Å²) in [7, 11) is 0. The Morgan fingerprint density at radius 2 is 1.81 bits per heavy atom. The van der Waals surface area contributed by atoms with E-state index in [0.29, 0.717) is 30.4 Å². The van der Waals surface area contributed by atoms with Crippen molar-refractivity contribution in [2.75, 3.05) is 24.0 Å². The molecule has 1 aliphatic heterocycles. The number of nitrogens with zero attached hydrogens (tertiary/aromatic N) is 3. The number of anilines is 3. The summed E-state index contributed by atoms with van der Waals surface area (Å²) < 4.78 is 11.0. The van der Waals surface area contributed by atoms with E-state index in [9.17, 15) is 10.1 Å². The molecule has 0 amide bonds. The fourth-order valence-corrected chi connectivity index (χ4v) is 2.24. The van der Waals surface area contributed by atoms with Gasteiger partial charge in [-0.25, -0.2) is 15.4 Å². The lowest BCUT2D eigenvalue weighted by Gasteiger charge is -2.21. The number of aromatic nitrogens is 2. The summed E-state index contributed by atoms with van der Waals surface area (Å²) in [6.45, 7) is 6.70. The number of hydrazine groups is 1. The zero-order valence-electron chi connectivity index (χ0n) is 14.7. The lowest BCUT2D eigenvalue weighted by Crippen LogP contribution is -2.40. The first-order chi connectivity index (χ1) is 12.3. The predicted molar refractivity (Wildman–Crippen MR) is 95.9 cm³/mol. The van der Waals surface area contributed by atoms with E-state index in [2.05, 4.69) is 26.1 Å². The quantitative estimate of drug-likeness (QED) is 0.545. The van der Waals surface area contributed by atoms with Gasteiger partial charge < -0.3 is 14.8 Å². The molecule has 2 heterocycles. The van der Waals surface area contributed by atoms with Crippen molar-refractivity contribution in [3.63, 3.8) is 0 Å². The minimum Gasteiger partial charge on any atom is -0.486 e. The fraction of sp³-hybridized carbons (Fsp3) is 0.375. The fourth-order valence-electron chi connectivity index (χ4n) is 2.24. The Balaban J connectivity index is 1.88. The van der Waals surface area contributed by atoms with Crippen LogP contribution in [0.25, 0.3) is 0 Å². The Morgan fingerprint density at radius 1 is 1.12 bits per heavy atom. The standard InChI is InChI=1S/C16H20N6O4/c1-16(2,3)21-20-15-13(22(23)24)14(17-9-18-15)19-10-4-5-11-12(8-10)26-7-6-25-11/h4-5,8-9,21H,6-7H2,1-3H3,(H2,17,18,19,20). The molecule has 0 fully saturated rings. The topological polar surface area (TPSA) is 123 Å². The number of nitrogens with one attached hydrogen (secondary N) is 3. The van der Waals surface area contributed by atoms with Crippen LogP contribution in [0.15, 0.2) is 24.5 Å². The van der Waals surface area contributed by atoms with Gasteiger partial charge in [-0.2, -0.15) is 0 Å². The number of benzene rings is 1. The first kappa shape index (κ1) is 17.7. The number of fused-ring (bicyclic) bond motifs is 1. The van der Waals surface area contributed by atoms with Gasteiger partial charge in [0.2, 0.25) is 11.6 Å². The number of rotatable bonds is 5. The van der Waals surface area contributed by atoms with Crippen LogP contribution >= 0.6 is 0 Å². The van der Waals surface area contributed by atoms with Crippen molar-refractivity contribution >= 4 is 23.0 Å². The molecule has 10 heteroatoms. The maximum Gasteiger partial charge on any atom is 0.354 e. The molecule has 3 N–H and O–H groups in total. The third kappa shape index (κ3) is 4.09. The lowest BCUT2D eigenvalue weighted by molar-refractivity contribution is -0.383. The Hall–Kier alpha value is -3.14. The minimum absolute atomic E-state index is 0.0693. The van der Waals surface area contributed by atoms with E-state index in [1.54, 1.807) is 18.2 Å². The van der Waals surface area contributed by atoms with Crippen molar-refractivity contribution in [3.05, 3.63) is 34.6 Å². The molecule has 0 spiro atoms. The van der Waals surface area contributed by atoms with Crippen LogP contribution in [-0.2, 0) is 0 Å². The van der Waals surface area contributed by atoms with E-state index in [-0.39, 0.29) is 22.9 Å². The highest BCUT2D eigenvalue weighted by Gasteiger charge is 2.24. The van der Waals surface area contributed by atoms with E-state index in [4.69, 9.17) is 9.47 Å². The molecule has 1 aromatic carbocycles. The van der Waals surface area contributed by atoms with Gasteiger partial charge in [0.15, 0.2) is 11.5 Å². The molecule has 0 saturated carbocycles. The van der Waals surface area contributed by atoms with Crippen molar-refractivity contribution < 1.29 is 14.4 Å². The van der Waals surface area contributed by atoms with Crippen molar-refractivity contribution in [2.45, 2.75) is 26.3 Å². The zero-order valence-corrected chi connectivity index (χ0v) is 14.7. The zero-order chi connectivity index (χ0) is 18.7. The molecule has 1 aliphatic rings. The average molecular weight is 360 g/mol. The van der Waals surface area contributed by atoms with Gasteiger partial charge >= 0.3 is 5.69 Å². The SMILES string of the molecule is CC(C)(C)NNc1ncnc(Nc2ccc3c(c2)OCCO3)c1[N+](=O)[O-]. The maximum absolute atomic E-state index is 11.6. The summed E-state index contributed by atoms with van der Waals surface area (Å²) in [5.74, 6) is 1.35. The van der Waals surface area contributed by atoms with Gasteiger partial charge in [-0.15, -0.1) is 0 Å². The first-order valence-electron chi connectivity index (χ1n) is 8.03. The minimum atomic E-state index is -0.535. The van der Waals surface area contributed by atoms with Gasteiger partial charge in [0, 0.05) is 17.3 Å². The number of hydrogen-bond acceptors (Lipinski definition) is 9. The molecular formula is C16H20N6O4. The van der Waals surface area contributed by atoms with Crippen LogP contribution in [0.5, 0.6) is 11.5 Å². The van der Waals surface area contributed by atoms with E-state index < -0.39 is 4.92 Å². The summed E-state index contributed by atoms with van der Waals surface area (Å²) in [5.41, 5.74) is 5.76. The van der Waals surface area contributed by atoms with Gasteiger partial charge in [0.1, 0.15) is 19.5 Å². The third-order valence-corrected chi connectivity index (χ3v) is 3.37. The first-order valence-corrected chi connectivity index (χ1v) is 8.03. The molecule has 0 bridgehead atoms. The van der Waals surface area contributed by atoms with Crippen molar-refractivity contribution in [2.24, 2.45) is 0 Å². The summed E-state index contributed by atoms with van der Waals surface area (Å²) >= 11 is 0. The average Bonchev–Trinajstić information content (AvgIpc) is 2.59. The second-order valence-electron chi connectivity index (χ2n) is 6.66. The molecule has 10 nitrogen and oxygen atoms in total. The number of hydrogen-bond donors (Lipinski definition) is 3. The summed E-state index contributed by atoms with van der Waals surface area (Å²) in [5, 5.41) is 14.5. The van der Waals surface area contributed by atoms with E-state index in [1.165, 1.54) is 6.33 Å². The third-order valence-electron chi connectivity index (χ3n) is 3.37. The van der Waals surface area contributed by atoms with Gasteiger partial charge in [0.25, 0.3) is 0 Å². The molecule has 138 valence electrons. The van der Waals surface area contributed by atoms with Crippen LogP contribution in [0.1, 0.15) is 20.8 Å². The monoisotopic (exact) mass is 360 g/mol. The van der Waals surface area contributed by atoms with E-state index in [1.807, 2.05) is 20.8 Å². The lowest BCUT2D eigenvalue weighted by atomic mass is 10.1. The summed E-state index contributed by atoms with van der Waals surface area (Å²) in [6.07, 6.45) is 1.25. The molecule has 0 atom stereocenters. The molecular weight excluding hydrogens is 340 g/mol. The largest absolute Gasteiger partial charge is 0.486 e. The van der Waals surface area contributed by atoms with Gasteiger partial charge in [0.05, 0.1) is 4.92 Å². The molecule has 0 radical (unpaired) electrons. The van der Waals surface area contributed by atoms with Crippen molar-refractivity contribution in [3.8, 4) is 11.5 Å². The second kappa shape index (κ2) is 7.00. The van der Waals surface area contributed by atoms with Crippen LogP contribution in [-0.4, -0.2) is 33.6 Å². The highest BCUT2D eigenvalue weighted by molar-refractivity contribution is 5.74. The van der Waals surface area contributed by atoms with Crippen molar-refractivity contribution in [1.29, 1.82) is 0 Å².